The first-order valence-electron chi connectivity index (χ1n) is 7.04. The van der Waals surface area contributed by atoms with Crippen LogP contribution in [0.1, 0.15) is 50.7 Å². The van der Waals surface area contributed by atoms with Gasteiger partial charge in [0.1, 0.15) is 0 Å². The highest BCUT2D eigenvalue weighted by atomic mass is 16.5. The molecule has 1 aliphatic carbocycles. The average molecular weight is 276 g/mol. The molecule has 0 aliphatic heterocycles. The summed E-state index contributed by atoms with van der Waals surface area (Å²) in [5.41, 5.74) is 0.642. The molecule has 108 valence electrons. The van der Waals surface area contributed by atoms with Crippen molar-refractivity contribution in [1.29, 1.82) is 0 Å². The fraction of sp³-hybridized carbons (Fsp3) is 0.533. The lowest BCUT2D eigenvalue weighted by molar-refractivity contribution is -0.154. The van der Waals surface area contributed by atoms with E-state index in [9.17, 15) is 9.59 Å². The minimum atomic E-state index is -0.891. The summed E-state index contributed by atoms with van der Waals surface area (Å²) in [6.45, 7) is 1.31. The molecule has 0 saturated heterocycles. The third-order valence-electron chi connectivity index (χ3n) is 3.48. The second-order valence-electron chi connectivity index (χ2n) is 5.11. The molecule has 0 bridgehead atoms. The maximum Gasteiger partial charge on any atom is 0.303 e. The molecule has 1 amide bonds. The van der Waals surface area contributed by atoms with Gasteiger partial charge in [0, 0.05) is 30.9 Å². The van der Waals surface area contributed by atoms with Gasteiger partial charge in [0.2, 0.25) is 6.10 Å². The van der Waals surface area contributed by atoms with Gasteiger partial charge >= 0.3 is 5.97 Å². The molecule has 2 rings (SSSR count). The molecule has 1 aliphatic rings. The van der Waals surface area contributed by atoms with Crippen LogP contribution >= 0.6 is 0 Å². The Bertz CT molecular complexity index is 455. The number of nitrogens with zero attached hydrogens (tertiary/aromatic N) is 1. The Morgan fingerprint density at radius 3 is 2.50 bits per heavy atom. The highest BCUT2D eigenvalue weighted by molar-refractivity contribution is 5.84. The van der Waals surface area contributed by atoms with Crippen LogP contribution in [0.4, 0.5) is 0 Å². The van der Waals surface area contributed by atoms with E-state index in [0.717, 1.165) is 25.7 Å². The summed E-state index contributed by atoms with van der Waals surface area (Å²) >= 11 is 0. The lowest BCUT2D eigenvalue weighted by Crippen LogP contribution is -2.40. The molecule has 1 saturated carbocycles. The summed E-state index contributed by atoms with van der Waals surface area (Å²) < 4.78 is 5.16. The molecule has 1 aromatic heterocycles. The van der Waals surface area contributed by atoms with Crippen molar-refractivity contribution < 1.29 is 14.3 Å². The Balaban J connectivity index is 2.05. The number of carbonyl (C=O) groups excluding carboxylic acids is 2. The van der Waals surface area contributed by atoms with Crippen LogP contribution in [-0.2, 0) is 14.3 Å². The van der Waals surface area contributed by atoms with Crippen molar-refractivity contribution in [2.75, 3.05) is 0 Å². The van der Waals surface area contributed by atoms with Gasteiger partial charge in [-0.05, 0) is 25.0 Å². The maximum absolute atomic E-state index is 12.3. The van der Waals surface area contributed by atoms with Crippen LogP contribution in [0.3, 0.4) is 0 Å². The van der Waals surface area contributed by atoms with E-state index in [2.05, 4.69) is 10.3 Å². The van der Waals surface area contributed by atoms with Crippen molar-refractivity contribution in [3.05, 3.63) is 30.1 Å². The van der Waals surface area contributed by atoms with E-state index in [1.807, 2.05) is 0 Å². The van der Waals surface area contributed by atoms with Crippen LogP contribution in [0.2, 0.25) is 0 Å². The molecular formula is C15H20N2O3. The second kappa shape index (κ2) is 7.03. The molecule has 0 spiro atoms. The summed E-state index contributed by atoms with van der Waals surface area (Å²) in [6, 6.07) is 3.57. The molecule has 0 aromatic carbocycles. The Morgan fingerprint density at radius 1 is 1.25 bits per heavy atom. The van der Waals surface area contributed by atoms with Gasteiger partial charge in [-0.15, -0.1) is 0 Å². The quantitative estimate of drug-likeness (QED) is 0.855. The van der Waals surface area contributed by atoms with Crippen molar-refractivity contribution >= 4 is 11.9 Å². The topological polar surface area (TPSA) is 68.3 Å². The van der Waals surface area contributed by atoms with E-state index >= 15 is 0 Å². The summed E-state index contributed by atoms with van der Waals surface area (Å²) in [5.74, 6) is -0.719. The Labute approximate surface area is 118 Å². The van der Waals surface area contributed by atoms with Crippen molar-refractivity contribution in [2.24, 2.45) is 0 Å². The van der Waals surface area contributed by atoms with Crippen molar-refractivity contribution in [2.45, 2.75) is 51.2 Å². The molecule has 0 radical (unpaired) electrons. The summed E-state index contributed by atoms with van der Waals surface area (Å²) in [6.07, 6.45) is 7.77. The lowest BCUT2D eigenvalue weighted by atomic mass is 9.95. The lowest BCUT2D eigenvalue weighted by Gasteiger charge is -2.25. The molecule has 1 N–H and O–H groups in total. The van der Waals surface area contributed by atoms with Crippen LogP contribution in [-0.4, -0.2) is 22.9 Å². The van der Waals surface area contributed by atoms with Gasteiger partial charge in [0.05, 0.1) is 0 Å². The highest BCUT2D eigenvalue weighted by Crippen LogP contribution is 2.21. The smallest absolute Gasteiger partial charge is 0.303 e. The zero-order valence-corrected chi connectivity index (χ0v) is 11.7. The van der Waals surface area contributed by atoms with E-state index in [0.29, 0.717) is 5.56 Å². The van der Waals surface area contributed by atoms with E-state index < -0.39 is 12.1 Å². The van der Waals surface area contributed by atoms with E-state index in [-0.39, 0.29) is 11.9 Å². The predicted molar refractivity (Wildman–Crippen MR) is 73.8 cm³/mol. The number of esters is 1. The van der Waals surface area contributed by atoms with Gasteiger partial charge in [-0.1, -0.05) is 19.3 Å². The first-order chi connectivity index (χ1) is 9.66. The predicted octanol–water partition coefficient (Wildman–Crippen LogP) is 2.13. The Kier molecular flexibility index (Phi) is 5.09. The van der Waals surface area contributed by atoms with Gasteiger partial charge in [-0.25, -0.2) is 0 Å². The summed E-state index contributed by atoms with van der Waals surface area (Å²) in [4.78, 5) is 27.5. The molecule has 1 aromatic rings. The third kappa shape index (κ3) is 4.05. The monoisotopic (exact) mass is 276 g/mol. The fourth-order valence-corrected chi connectivity index (χ4v) is 2.50. The Hall–Kier alpha value is -1.91. The van der Waals surface area contributed by atoms with Gasteiger partial charge in [0.25, 0.3) is 5.91 Å². The van der Waals surface area contributed by atoms with E-state index in [1.165, 1.54) is 13.3 Å². The molecule has 0 unspecified atom stereocenters. The number of amides is 1. The zero-order valence-electron chi connectivity index (χ0n) is 11.7. The van der Waals surface area contributed by atoms with Crippen molar-refractivity contribution in [1.82, 2.24) is 10.3 Å². The minimum Gasteiger partial charge on any atom is -0.447 e. The number of nitrogens with one attached hydrogen (secondary N) is 1. The molecule has 1 atom stereocenters. The Morgan fingerprint density at radius 2 is 1.90 bits per heavy atom. The van der Waals surface area contributed by atoms with Gasteiger partial charge in [-0.2, -0.15) is 0 Å². The van der Waals surface area contributed by atoms with E-state index in [4.69, 9.17) is 4.74 Å². The normalized spacial score (nSPS) is 17.2. The fourth-order valence-electron chi connectivity index (χ4n) is 2.50. The van der Waals surface area contributed by atoms with Crippen LogP contribution in [0.5, 0.6) is 0 Å². The maximum atomic E-state index is 12.3. The van der Waals surface area contributed by atoms with E-state index in [1.54, 1.807) is 24.5 Å². The molecule has 20 heavy (non-hydrogen) atoms. The molecule has 1 heterocycles. The van der Waals surface area contributed by atoms with Gasteiger partial charge in [0.15, 0.2) is 0 Å². The highest BCUT2D eigenvalue weighted by Gasteiger charge is 2.26. The molecule has 5 heteroatoms. The average Bonchev–Trinajstić information content (AvgIpc) is 2.46. The van der Waals surface area contributed by atoms with Crippen molar-refractivity contribution in [3.8, 4) is 0 Å². The number of pyridine rings is 1. The first-order valence-corrected chi connectivity index (χ1v) is 7.04. The SMILES string of the molecule is CC(=O)O[C@@H](C(=O)NC1CCCCC1)c1ccncc1. The van der Waals surface area contributed by atoms with Crippen LogP contribution in [0.15, 0.2) is 24.5 Å². The number of ether oxygens (including phenoxy) is 1. The third-order valence-corrected chi connectivity index (χ3v) is 3.48. The van der Waals surface area contributed by atoms with Crippen LogP contribution in [0.25, 0.3) is 0 Å². The zero-order chi connectivity index (χ0) is 14.4. The number of carbonyl (C=O) groups is 2. The van der Waals surface area contributed by atoms with Crippen molar-refractivity contribution in [3.63, 3.8) is 0 Å². The largest absolute Gasteiger partial charge is 0.447 e. The van der Waals surface area contributed by atoms with Gasteiger partial charge in [-0.3, -0.25) is 14.6 Å². The first kappa shape index (κ1) is 14.5. The van der Waals surface area contributed by atoms with Crippen LogP contribution < -0.4 is 5.32 Å². The minimum absolute atomic E-state index is 0.191. The summed E-state index contributed by atoms with van der Waals surface area (Å²) in [7, 11) is 0. The number of hydrogen-bond donors (Lipinski definition) is 1. The van der Waals surface area contributed by atoms with Crippen LogP contribution in [0, 0.1) is 0 Å². The molecule has 1 fully saturated rings. The number of rotatable bonds is 4. The second-order valence-corrected chi connectivity index (χ2v) is 5.11. The number of aromatic nitrogens is 1. The molecular weight excluding hydrogens is 256 g/mol. The molecule has 5 nitrogen and oxygen atoms in total. The van der Waals surface area contributed by atoms with Gasteiger partial charge < -0.3 is 10.1 Å². The summed E-state index contributed by atoms with van der Waals surface area (Å²) in [5, 5.41) is 2.99. The number of hydrogen-bond acceptors (Lipinski definition) is 4. The standard InChI is InChI=1S/C15H20N2O3/c1-11(18)20-14(12-7-9-16-10-8-12)15(19)17-13-5-3-2-4-6-13/h7-10,13-14H,2-6H2,1H3,(H,17,19)/t14-/m1/s1.